The maximum absolute atomic E-state index is 6.41. The predicted molar refractivity (Wildman–Crippen MR) is 60.8 cm³/mol. The van der Waals surface area contributed by atoms with Crippen LogP contribution in [0.25, 0.3) is 0 Å². The lowest BCUT2D eigenvalue weighted by Gasteiger charge is -2.23. The van der Waals surface area contributed by atoms with E-state index in [-0.39, 0.29) is 5.54 Å². The molecule has 0 aliphatic heterocycles. The van der Waals surface area contributed by atoms with Crippen LogP contribution in [0.5, 0.6) is 0 Å². The van der Waals surface area contributed by atoms with Crippen LogP contribution in [0.1, 0.15) is 43.0 Å². The van der Waals surface area contributed by atoms with Gasteiger partial charge in [-0.15, -0.1) is 11.3 Å². The van der Waals surface area contributed by atoms with Crippen LogP contribution >= 0.6 is 11.3 Å². The van der Waals surface area contributed by atoms with Gasteiger partial charge < -0.3 is 5.73 Å². The van der Waals surface area contributed by atoms with E-state index in [0.29, 0.717) is 5.41 Å². The number of hydrogen-bond acceptors (Lipinski definition) is 2. The summed E-state index contributed by atoms with van der Waals surface area (Å²) in [5, 5.41) is 2.24. The van der Waals surface area contributed by atoms with Gasteiger partial charge in [-0.05, 0) is 49.1 Å². The Morgan fingerprint density at radius 3 is 2.57 bits per heavy atom. The van der Waals surface area contributed by atoms with Gasteiger partial charge in [-0.2, -0.15) is 0 Å². The van der Waals surface area contributed by atoms with Gasteiger partial charge in [0.2, 0.25) is 0 Å². The number of hydrogen-bond donors (Lipinski definition) is 1. The van der Waals surface area contributed by atoms with E-state index in [2.05, 4.69) is 18.4 Å². The van der Waals surface area contributed by atoms with Crippen LogP contribution in [0, 0.1) is 0 Å². The van der Waals surface area contributed by atoms with Gasteiger partial charge in [-0.25, -0.2) is 0 Å². The predicted octanol–water partition coefficient (Wildman–Crippen LogP) is 2.83. The summed E-state index contributed by atoms with van der Waals surface area (Å²) in [5.41, 5.74) is 8.55. The lowest BCUT2D eigenvalue weighted by molar-refractivity contribution is 0.508. The summed E-state index contributed by atoms with van der Waals surface area (Å²) < 4.78 is 0. The molecule has 2 aliphatic carbocycles. The zero-order valence-corrected chi connectivity index (χ0v) is 9.49. The molecule has 0 radical (unpaired) electrons. The molecule has 1 heterocycles. The molecule has 0 amide bonds. The van der Waals surface area contributed by atoms with Crippen LogP contribution in [-0.4, -0.2) is 5.54 Å². The third kappa shape index (κ3) is 0.986. The van der Waals surface area contributed by atoms with Crippen molar-refractivity contribution in [3.8, 4) is 0 Å². The highest BCUT2D eigenvalue weighted by Crippen LogP contribution is 2.65. The van der Waals surface area contributed by atoms with Crippen LogP contribution in [0.2, 0.25) is 0 Å². The minimum absolute atomic E-state index is 0.182. The Morgan fingerprint density at radius 1 is 1.36 bits per heavy atom. The van der Waals surface area contributed by atoms with Crippen LogP contribution in [0.15, 0.2) is 11.4 Å². The molecule has 0 atom stereocenters. The molecule has 2 aliphatic rings. The second kappa shape index (κ2) is 2.61. The summed E-state index contributed by atoms with van der Waals surface area (Å²) >= 11 is 1.93. The zero-order chi connectivity index (χ0) is 9.81. The van der Waals surface area contributed by atoms with E-state index in [0.717, 1.165) is 6.42 Å². The van der Waals surface area contributed by atoms with Gasteiger partial charge in [-0.1, -0.05) is 6.92 Å². The first-order chi connectivity index (χ1) is 6.72. The fraction of sp³-hybridized carbons (Fsp3) is 0.667. The molecule has 2 fully saturated rings. The second-order valence-electron chi connectivity index (χ2n) is 4.87. The van der Waals surface area contributed by atoms with Crippen molar-refractivity contribution in [1.82, 2.24) is 0 Å². The lowest BCUT2D eigenvalue weighted by atomic mass is 9.90. The minimum atomic E-state index is 0.182. The fourth-order valence-corrected chi connectivity index (χ4v) is 4.09. The molecule has 76 valence electrons. The van der Waals surface area contributed by atoms with Gasteiger partial charge in [0, 0.05) is 15.8 Å². The SMILES string of the molecule is CCc1ccsc1C1(C2(N)CC2)CC1. The van der Waals surface area contributed by atoms with E-state index in [1.54, 1.807) is 10.4 Å². The topological polar surface area (TPSA) is 26.0 Å². The van der Waals surface area contributed by atoms with Gasteiger partial charge in [0.05, 0.1) is 0 Å². The molecule has 1 nitrogen and oxygen atoms in total. The Hall–Kier alpha value is -0.340. The van der Waals surface area contributed by atoms with Gasteiger partial charge in [0.1, 0.15) is 0 Å². The molecule has 0 bridgehead atoms. The molecule has 0 aromatic carbocycles. The molecule has 0 unspecified atom stereocenters. The van der Waals surface area contributed by atoms with E-state index in [4.69, 9.17) is 5.73 Å². The van der Waals surface area contributed by atoms with Crippen LogP contribution < -0.4 is 5.73 Å². The Bertz CT molecular complexity index is 358. The summed E-state index contributed by atoms with van der Waals surface area (Å²) in [6.45, 7) is 2.25. The minimum Gasteiger partial charge on any atom is -0.324 e. The summed E-state index contributed by atoms with van der Waals surface area (Å²) in [6.07, 6.45) is 6.31. The second-order valence-corrected chi connectivity index (χ2v) is 5.78. The van der Waals surface area contributed by atoms with Crippen molar-refractivity contribution in [2.45, 2.75) is 50.0 Å². The smallest absolute Gasteiger partial charge is 0.0261 e. The first kappa shape index (κ1) is 8.93. The zero-order valence-electron chi connectivity index (χ0n) is 8.68. The highest BCUT2D eigenvalue weighted by Gasteiger charge is 2.65. The molecular weight excluding hydrogens is 190 g/mol. The van der Waals surface area contributed by atoms with Crippen molar-refractivity contribution in [1.29, 1.82) is 0 Å². The molecule has 3 rings (SSSR count). The maximum atomic E-state index is 6.41. The average Bonchev–Trinajstić information content (AvgIpc) is 3.08. The molecule has 2 heteroatoms. The van der Waals surface area contributed by atoms with Crippen LogP contribution in [-0.2, 0) is 11.8 Å². The Labute approximate surface area is 89.3 Å². The maximum Gasteiger partial charge on any atom is 0.0261 e. The normalized spacial score (nSPS) is 26.1. The lowest BCUT2D eigenvalue weighted by Crippen LogP contribution is -2.37. The molecule has 2 N–H and O–H groups in total. The Kier molecular flexibility index (Phi) is 1.67. The molecule has 0 saturated heterocycles. The van der Waals surface area contributed by atoms with E-state index in [1.165, 1.54) is 25.7 Å². The number of rotatable bonds is 3. The van der Waals surface area contributed by atoms with Crippen molar-refractivity contribution in [3.05, 3.63) is 21.9 Å². The first-order valence-corrected chi connectivity index (χ1v) is 6.46. The molecule has 1 aromatic rings. The first-order valence-electron chi connectivity index (χ1n) is 5.58. The molecule has 1 aromatic heterocycles. The highest BCUT2D eigenvalue weighted by atomic mass is 32.1. The van der Waals surface area contributed by atoms with Gasteiger partial charge >= 0.3 is 0 Å². The van der Waals surface area contributed by atoms with Crippen molar-refractivity contribution in [2.24, 2.45) is 5.73 Å². The summed E-state index contributed by atoms with van der Waals surface area (Å²) in [7, 11) is 0. The summed E-state index contributed by atoms with van der Waals surface area (Å²) in [4.78, 5) is 1.61. The van der Waals surface area contributed by atoms with E-state index < -0.39 is 0 Å². The Balaban J connectivity index is 2.02. The van der Waals surface area contributed by atoms with E-state index in [9.17, 15) is 0 Å². The summed E-state index contributed by atoms with van der Waals surface area (Å²) in [5.74, 6) is 0. The average molecular weight is 207 g/mol. The van der Waals surface area contributed by atoms with Crippen molar-refractivity contribution < 1.29 is 0 Å². The molecule has 14 heavy (non-hydrogen) atoms. The number of aryl methyl sites for hydroxylation is 1. The van der Waals surface area contributed by atoms with Gasteiger partial charge in [0.15, 0.2) is 0 Å². The molecular formula is C12H17NS. The highest BCUT2D eigenvalue weighted by molar-refractivity contribution is 7.10. The summed E-state index contributed by atoms with van der Waals surface area (Å²) in [6, 6.07) is 2.28. The van der Waals surface area contributed by atoms with E-state index in [1.807, 2.05) is 11.3 Å². The number of thiophene rings is 1. The van der Waals surface area contributed by atoms with Crippen molar-refractivity contribution in [2.75, 3.05) is 0 Å². The quantitative estimate of drug-likeness (QED) is 0.810. The largest absolute Gasteiger partial charge is 0.324 e. The monoisotopic (exact) mass is 207 g/mol. The van der Waals surface area contributed by atoms with Gasteiger partial charge in [-0.3, -0.25) is 0 Å². The van der Waals surface area contributed by atoms with Crippen LogP contribution in [0.3, 0.4) is 0 Å². The Morgan fingerprint density at radius 2 is 2.07 bits per heavy atom. The van der Waals surface area contributed by atoms with Crippen molar-refractivity contribution in [3.63, 3.8) is 0 Å². The third-order valence-corrected chi connectivity index (χ3v) is 5.21. The van der Waals surface area contributed by atoms with Crippen LogP contribution in [0.4, 0.5) is 0 Å². The third-order valence-electron chi connectivity index (χ3n) is 4.05. The number of nitrogens with two attached hydrogens (primary N) is 1. The molecule has 2 saturated carbocycles. The van der Waals surface area contributed by atoms with E-state index >= 15 is 0 Å². The molecule has 0 spiro atoms. The standard InChI is InChI=1S/C12H17NS/c1-2-9-3-8-14-10(9)11(4-5-11)12(13)6-7-12/h3,8H,2,4-7,13H2,1H3. The van der Waals surface area contributed by atoms with Crippen molar-refractivity contribution >= 4 is 11.3 Å². The van der Waals surface area contributed by atoms with Gasteiger partial charge in [0.25, 0.3) is 0 Å². The fourth-order valence-electron chi connectivity index (χ4n) is 2.72.